The van der Waals surface area contributed by atoms with Crippen LogP contribution in [0.2, 0.25) is 0 Å². The number of carbonyl (C=O) groups is 2. The van der Waals surface area contributed by atoms with Gasteiger partial charge in [-0.15, -0.1) is 11.3 Å². The third kappa shape index (κ3) is 6.00. The largest absolute Gasteiger partial charge is 0.481 e. The Balaban J connectivity index is 1.89. The maximum atomic E-state index is 12.1. The maximum Gasteiger partial charge on any atom is 0.315 e. The number of aromatic nitrogens is 1. The lowest BCUT2D eigenvalue weighted by molar-refractivity contribution is -0.137. The van der Waals surface area contributed by atoms with Crippen molar-refractivity contribution in [2.24, 2.45) is 0 Å². The van der Waals surface area contributed by atoms with Gasteiger partial charge in [0, 0.05) is 17.3 Å². The number of nitrogens with zero attached hydrogens (tertiary/aromatic N) is 1. The molecule has 1 aromatic carbocycles. The minimum absolute atomic E-state index is 0.0196. The number of thiazole rings is 1. The van der Waals surface area contributed by atoms with E-state index in [-0.39, 0.29) is 18.5 Å². The molecule has 1 atom stereocenters. The molecular formula is C17H21N3O3S. The number of carboxylic acid groups (broad SMARTS) is 1. The van der Waals surface area contributed by atoms with Gasteiger partial charge in [0.2, 0.25) is 0 Å². The van der Waals surface area contributed by atoms with Gasteiger partial charge in [-0.25, -0.2) is 9.78 Å². The second-order valence-electron chi connectivity index (χ2n) is 5.51. The van der Waals surface area contributed by atoms with E-state index >= 15 is 0 Å². The van der Waals surface area contributed by atoms with Crippen molar-refractivity contribution in [3.8, 4) is 0 Å². The molecule has 1 aromatic heterocycles. The molecule has 2 rings (SSSR count). The summed E-state index contributed by atoms with van der Waals surface area (Å²) in [5.41, 5.74) is 3.72. The van der Waals surface area contributed by atoms with E-state index in [1.165, 1.54) is 11.3 Å². The van der Waals surface area contributed by atoms with Crippen LogP contribution in [0.15, 0.2) is 35.8 Å². The van der Waals surface area contributed by atoms with Gasteiger partial charge in [0.25, 0.3) is 0 Å². The summed E-state index contributed by atoms with van der Waals surface area (Å²) >= 11 is 1.50. The number of rotatable bonds is 8. The van der Waals surface area contributed by atoms with Gasteiger partial charge in [-0.2, -0.15) is 0 Å². The Morgan fingerprint density at radius 1 is 1.29 bits per heavy atom. The van der Waals surface area contributed by atoms with Crippen molar-refractivity contribution in [3.05, 3.63) is 52.0 Å². The maximum absolute atomic E-state index is 12.1. The molecule has 0 fully saturated rings. The van der Waals surface area contributed by atoms with Crippen LogP contribution >= 0.6 is 11.3 Å². The van der Waals surface area contributed by atoms with Crippen LogP contribution in [0.3, 0.4) is 0 Å². The van der Waals surface area contributed by atoms with Crippen molar-refractivity contribution in [2.75, 3.05) is 0 Å². The van der Waals surface area contributed by atoms with E-state index in [0.29, 0.717) is 19.4 Å². The van der Waals surface area contributed by atoms with Crippen molar-refractivity contribution in [2.45, 2.75) is 38.8 Å². The second-order valence-corrected chi connectivity index (χ2v) is 6.45. The van der Waals surface area contributed by atoms with E-state index in [9.17, 15) is 9.59 Å². The van der Waals surface area contributed by atoms with Gasteiger partial charge in [0.05, 0.1) is 17.7 Å². The lowest BCUT2D eigenvalue weighted by Crippen LogP contribution is -2.43. The molecular weight excluding hydrogens is 326 g/mol. The quantitative estimate of drug-likeness (QED) is 0.685. The molecule has 0 saturated carbocycles. The van der Waals surface area contributed by atoms with Crippen LogP contribution in [0, 0.1) is 6.92 Å². The van der Waals surface area contributed by atoms with Crippen molar-refractivity contribution < 1.29 is 14.7 Å². The van der Waals surface area contributed by atoms with Gasteiger partial charge in [-0.1, -0.05) is 30.3 Å². The van der Waals surface area contributed by atoms with Crippen molar-refractivity contribution >= 4 is 23.3 Å². The van der Waals surface area contributed by atoms with Crippen molar-refractivity contribution in [1.82, 2.24) is 15.6 Å². The molecule has 0 saturated heterocycles. The molecule has 0 spiro atoms. The Kier molecular flexibility index (Phi) is 6.74. The van der Waals surface area contributed by atoms with E-state index in [1.807, 2.05) is 37.3 Å². The lowest BCUT2D eigenvalue weighted by atomic mass is 10.0. The Morgan fingerprint density at radius 2 is 2.04 bits per heavy atom. The monoisotopic (exact) mass is 347 g/mol. The van der Waals surface area contributed by atoms with Crippen LogP contribution in [0.4, 0.5) is 4.79 Å². The average Bonchev–Trinajstić information content (AvgIpc) is 2.97. The van der Waals surface area contributed by atoms with E-state index < -0.39 is 5.97 Å². The summed E-state index contributed by atoms with van der Waals surface area (Å²) in [6.07, 6.45) is 1.00. The number of hydrogen-bond acceptors (Lipinski definition) is 4. The van der Waals surface area contributed by atoms with Crippen molar-refractivity contribution in [3.63, 3.8) is 0 Å². The first-order chi connectivity index (χ1) is 11.5. The van der Waals surface area contributed by atoms with Gasteiger partial charge in [-0.3, -0.25) is 4.79 Å². The molecule has 0 aliphatic rings. The number of hydrogen-bond donors (Lipinski definition) is 3. The van der Waals surface area contributed by atoms with Gasteiger partial charge in [0.1, 0.15) is 0 Å². The third-order valence-electron chi connectivity index (χ3n) is 3.62. The fourth-order valence-corrected chi connectivity index (χ4v) is 3.03. The molecule has 2 amide bonds. The molecule has 24 heavy (non-hydrogen) atoms. The first kappa shape index (κ1) is 17.9. The predicted molar refractivity (Wildman–Crippen MR) is 93.0 cm³/mol. The summed E-state index contributed by atoms with van der Waals surface area (Å²) in [6, 6.07) is 9.18. The summed E-state index contributed by atoms with van der Waals surface area (Å²) < 4.78 is 0. The normalized spacial score (nSPS) is 11.7. The number of urea groups is 1. The van der Waals surface area contributed by atoms with E-state index in [1.54, 1.807) is 5.51 Å². The minimum Gasteiger partial charge on any atom is -0.481 e. The highest BCUT2D eigenvalue weighted by Gasteiger charge is 2.15. The molecule has 1 unspecified atom stereocenters. The fraction of sp³-hybridized carbons (Fsp3) is 0.353. The highest BCUT2D eigenvalue weighted by molar-refractivity contribution is 7.09. The molecule has 3 N–H and O–H groups in total. The topological polar surface area (TPSA) is 91.3 Å². The summed E-state index contributed by atoms with van der Waals surface area (Å²) in [7, 11) is 0. The van der Waals surface area contributed by atoms with E-state index in [0.717, 1.165) is 16.1 Å². The highest BCUT2D eigenvalue weighted by atomic mass is 32.1. The minimum atomic E-state index is -0.865. The molecule has 0 aliphatic carbocycles. The molecule has 7 heteroatoms. The third-order valence-corrected chi connectivity index (χ3v) is 4.56. The van der Waals surface area contributed by atoms with Crippen molar-refractivity contribution in [1.29, 1.82) is 0 Å². The molecule has 0 aliphatic heterocycles. The van der Waals surface area contributed by atoms with Gasteiger partial charge < -0.3 is 15.7 Å². The zero-order valence-corrected chi connectivity index (χ0v) is 14.3. The highest BCUT2D eigenvalue weighted by Crippen LogP contribution is 2.11. The number of nitrogens with one attached hydrogen (secondary N) is 2. The molecule has 128 valence electrons. The van der Waals surface area contributed by atoms with Gasteiger partial charge >= 0.3 is 12.0 Å². The fourth-order valence-electron chi connectivity index (χ4n) is 2.31. The number of aryl methyl sites for hydroxylation is 1. The number of carbonyl (C=O) groups excluding carboxylic acids is 1. The summed E-state index contributed by atoms with van der Waals surface area (Å²) in [6.45, 7) is 2.32. The molecule has 6 nitrogen and oxygen atoms in total. The van der Waals surface area contributed by atoms with Crippen LogP contribution in [-0.2, 0) is 17.8 Å². The zero-order chi connectivity index (χ0) is 17.4. The molecule has 2 aromatic rings. The van der Waals surface area contributed by atoms with E-state index in [4.69, 9.17) is 5.11 Å². The average molecular weight is 347 g/mol. The Hall–Kier alpha value is -2.41. The number of aliphatic carboxylic acids is 1. The van der Waals surface area contributed by atoms with Crippen LogP contribution in [-0.4, -0.2) is 28.1 Å². The summed E-state index contributed by atoms with van der Waals surface area (Å²) in [5.74, 6) is -0.865. The molecule has 0 bridgehead atoms. The van der Waals surface area contributed by atoms with Crippen LogP contribution in [0.5, 0.6) is 0 Å². The van der Waals surface area contributed by atoms with E-state index in [2.05, 4.69) is 15.6 Å². The number of carboxylic acids is 1. The molecule has 1 heterocycles. The Labute approximate surface area is 144 Å². The standard InChI is InChI=1S/C17H21N3O3S/c1-12-15(24-11-19-12)10-18-17(23)20-14(7-8-16(21)22)9-13-5-3-2-4-6-13/h2-6,11,14H,7-10H2,1H3,(H,21,22)(H2,18,20,23). The summed E-state index contributed by atoms with van der Waals surface area (Å²) in [4.78, 5) is 28.1. The smallest absolute Gasteiger partial charge is 0.315 e. The lowest BCUT2D eigenvalue weighted by Gasteiger charge is -2.18. The Morgan fingerprint density at radius 3 is 2.67 bits per heavy atom. The first-order valence-electron chi connectivity index (χ1n) is 7.73. The van der Waals surface area contributed by atoms with Crippen LogP contribution in [0.1, 0.15) is 29.0 Å². The SMILES string of the molecule is Cc1ncsc1CNC(=O)NC(CCC(=O)O)Cc1ccccc1. The second kappa shape index (κ2) is 9.02. The first-order valence-corrected chi connectivity index (χ1v) is 8.61. The zero-order valence-electron chi connectivity index (χ0n) is 13.5. The predicted octanol–water partition coefficient (Wildman–Crippen LogP) is 2.73. The number of amides is 2. The van der Waals surface area contributed by atoms with Crippen LogP contribution in [0.25, 0.3) is 0 Å². The Bertz CT molecular complexity index is 673. The summed E-state index contributed by atoms with van der Waals surface area (Å²) in [5, 5.41) is 14.6. The van der Waals surface area contributed by atoms with Crippen LogP contribution < -0.4 is 10.6 Å². The molecule has 0 radical (unpaired) electrons. The van der Waals surface area contributed by atoms with Gasteiger partial charge in [0.15, 0.2) is 0 Å². The van der Waals surface area contributed by atoms with Gasteiger partial charge in [-0.05, 0) is 25.3 Å². The number of benzene rings is 1.